The lowest BCUT2D eigenvalue weighted by Crippen LogP contribution is -2.27. The average Bonchev–Trinajstić information content (AvgIpc) is 3.03. The molecule has 2 rings (SSSR count). The number of amides is 2. The van der Waals surface area contributed by atoms with Gasteiger partial charge in [0, 0.05) is 32.2 Å². The molecule has 1 atom stereocenters. The summed E-state index contributed by atoms with van der Waals surface area (Å²) in [5.41, 5.74) is 1.44. The highest BCUT2D eigenvalue weighted by atomic mass is 16.2. The van der Waals surface area contributed by atoms with E-state index in [1.165, 1.54) is 11.7 Å². The number of hydrogen-bond donors (Lipinski definition) is 2. The van der Waals surface area contributed by atoms with Gasteiger partial charge in [-0.05, 0) is 19.9 Å². The van der Waals surface area contributed by atoms with Gasteiger partial charge in [0.25, 0.3) is 5.91 Å². The van der Waals surface area contributed by atoms with Gasteiger partial charge in [0.15, 0.2) is 5.69 Å². The van der Waals surface area contributed by atoms with E-state index in [2.05, 4.69) is 20.8 Å². The van der Waals surface area contributed by atoms with Crippen LogP contribution in [-0.4, -0.2) is 38.4 Å². The molecule has 0 radical (unpaired) electrons. The Morgan fingerprint density at radius 3 is 2.67 bits per heavy atom. The van der Waals surface area contributed by atoms with Crippen LogP contribution >= 0.6 is 0 Å². The first-order chi connectivity index (χ1) is 9.93. The molecule has 0 bridgehead atoms. The monoisotopic (exact) mass is 290 g/mol. The maximum absolute atomic E-state index is 12.3. The zero-order valence-electron chi connectivity index (χ0n) is 12.4. The maximum atomic E-state index is 12.3. The van der Waals surface area contributed by atoms with Crippen molar-refractivity contribution in [3.05, 3.63) is 29.8 Å². The minimum absolute atomic E-state index is 0.178. The van der Waals surface area contributed by atoms with Crippen LogP contribution in [0, 0.1) is 6.92 Å². The Hall–Kier alpha value is -2.64. The average molecular weight is 290 g/mol. The summed E-state index contributed by atoms with van der Waals surface area (Å²) in [6, 6.07) is 1.34. The van der Waals surface area contributed by atoms with Crippen LogP contribution in [-0.2, 0) is 11.8 Å². The molecule has 2 heterocycles. The molecule has 0 aliphatic heterocycles. The minimum Gasteiger partial charge on any atom is -0.354 e. The molecule has 112 valence electrons. The van der Waals surface area contributed by atoms with Crippen molar-refractivity contribution in [3.63, 3.8) is 0 Å². The third kappa shape index (κ3) is 2.93. The molecule has 2 N–H and O–H groups in total. The summed E-state index contributed by atoms with van der Waals surface area (Å²) in [7, 11) is 3.20. The van der Waals surface area contributed by atoms with Gasteiger partial charge in [-0.2, -0.15) is 10.2 Å². The molecule has 2 aromatic rings. The third-order valence-electron chi connectivity index (χ3n) is 3.14. The van der Waals surface area contributed by atoms with Crippen LogP contribution < -0.4 is 10.6 Å². The van der Waals surface area contributed by atoms with Crippen molar-refractivity contribution >= 4 is 17.5 Å². The summed E-state index contributed by atoms with van der Waals surface area (Å²) in [6.45, 7) is 3.61. The van der Waals surface area contributed by atoms with Crippen LogP contribution in [0.15, 0.2) is 18.5 Å². The molecule has 2 aromatic heterocycles. The first kappa shape index (κ1) is 14.8. The molecule has 0 aromatic carbocycles. The second kappa shape index (κ2) is 5.78. The lowest BCUT2D eigenvalue weighted by molar-refractivity contribution is -0.119. The van der Waals surface area contributed by atoms with E-state index in [4.69, 9.17) is 0 Å². The summed E-state index contributed by atoms with van der Waals surface area (Å²) >= 11 is 0. The highest BCUT2D eigenvalue weighted by molar-refractivity contribution is 6.02. The van der Waals surface area contributed by atoms with Gasteiger partial charge in [0.1, 0.15) is 6.04 Å². The van der Waals surface area contributed by atoms with Crippen molar-refractivity contribution in [2.24, 2.45) is 7.05 Å². The first-order valence-corrected chi connectivity index (χ1v) is 6.50. The van der Waals surface area contributed by atoms with Gasteiger partial charge in [-0.3, -0.25) is 19.0 Å². The molecule has 0 aliphatic rings. The van der Waals surface area contributed by atoms with Crippen LogP contribution in [0.2, 0.25) is 0 Å². The number of nitrogens with zero attached hydrogens (tertiary/aromatic N) is 4. The number of nitrogens with one attached hydrogen (secondary N) is 2. The number of carbonyl (C=O) groups excluding carboxylic acids is 2. The van der Waals surface area contributed by atoms with Crippen molar-refractivity contribution in [2.75, 3.05) is 12.4 Å². The summed E-state index contributed by atoms with van der Waals surface area (Å²) in [5.74, 6) is -0.617. The highest BCUT2D eigenvalue weighted by Gasteiger charge is 2.21. The number of aromatic nitrogens is 4. The maximum Gasteiger partial charge on any atom is 0.273 e. The Bertz CT molecular complexity index is 672. The molecule has 8 heteroatoms. The Balaban J connectivity index is 2.20. The van der Waals surface area contributed by atoms with E-state index in [0.717, 1.165) is 5.69 Å². The van der Waals surface area contributed by atoms with Crippen LogP contribution in [0.3, 0.4) is 0 Å². The summed E-state index contributed by atoms with van der Waals surface area (Å²) in [4.78, 5) is 24.0. The number of rotatable bonds is 4. The molecule has 0 saturated carbocycles. The fraction of sp³-hybridized carbons (Fsp3) is 0.385. The topological polar surface area (TPSA) is 93.8 Å². The minimum atomic E-state index is -0.488. The molecule has 0 spiro atoms. The normalized spacial score (nSPS) is 12.0. The van der Waals surface area contributed by atoms with E-state index >= 15 is 0 Å². The Kier molecular flexibility index (Phi) is 4.06. The standard InChI is InChI=1S/C13H18N6O2/c1-8-5-6-15-19(8)9(2)12(20)16-10-7-18(4)17-11(10)13(21)14-3/h5-7,9H,1-4H3,(H,14,21)(H,16,20). The zero-order chi connectivity index (χ0) is 15.6. The molecular formula is C13H18N6O2. The molecule has 1 unspecified atom stereocenters. The van der Waals surface area contributed by atoms with Crippen molar-refractivity contribution in [1.82, 2.24) is 24.9 Å². The van der Waals surface area contributed by atoms with Gasteiger partial charge >= 0.3 is 0 Å². The van der Waals surface area contributed by atoms with Crippen molar-refractivity contribution < 1.29 is 9.59 Å². The highest BCUT2D eigenvalue weighted by Crippen LogP contribution is 2.16. The molecule has 2 amide bonds. The van der Waals surface area contributed by atoms with Gasteiger partial charge in [0.2, 0.25) is 5.91 Å². The van der Waals surface area contributed by atoms with Gasteiger partial charge < -0.3 is 10.6 Å². The third-order valence-corrected chi connectivity index (χ3v) is 3.14. The number of hydrogen-bond acceptors (Lipinski definition) is 4. The fourth-order valence-corrected chi connectivity index (χ4v) is 2.00. The SMILES string of the molecule is CNC(=O)c1nn(C)cc1NC(=O)C(C)n1nccc1C. The zero-order valence-corrected chi connectivity index (χ0v) is 12.4. The predicted octanol–water partition coefficient (Wildman–Crippen LogP) is 0.484. The Morgan fingerprint density at radius 1 is 1.38 bits per heavy atom. The van der Waals surface area contributed by atoms with E-state index < -0.39 is 6.04 Å². The Labute approximate surface area is 122 Å². The number of carbonyl (C=O) groups is 2. The molecular weight excluding hydrogens is 272 g/mol. The second-order valence-electron chi connectivity index (χ2n) is 4.73. The lowest BCUT2D eigenvalue weighted by atomic mass is 10.2. The predicted molar refractivity (Wildman–Crippen MR) is 76.9 cm³/mol. The van der Waals surface area contributed by atoms with Gasteiger partial charge in [-0.25, -0.2) is 0 Å². The van der Waals surface area contributed by atoms with Gasteiger partial charge in [-0.15, -0.1) is 0 Å². The quantitative estimate of drug-likeness (QED) is 0.856. The lowest BCUT2D eigenvalue weighted by Gasteiger charge is -2.14. The van der Waals surface area contributed by atoms with E-state index in [0.29, 0.717) is 5.69 Å². The number of aryl methyl sites for hydroxylation is 2. The summed E-state index contributed by atoms with van der Waals surface area (Å²) in [5, 5.41) is 13.4. The largest absolute Gasteiger partial charge is 0.354 e. The van der Waals surface area contributed by atoms with E-state index in [-0.39, 0.29) is 17.5 Å². The van der Waals surface area contributed by atoms with E-state index in [9.17, 15) is 9.59 Å². The second-order valence-corrected chi connectivity index (χ2v) is 4.73. The number of anilines is 1. The fourth-order valence-electron chi connectivity index (χ4n) is 2.00. The summed E-state index contributed by atoms with van der Waals surface area (Å²) < 4.78 is 3.09. The van der Waals surface area contributed by atoms with Gasteiger partial charge in [0.05, 0.1) is 5.69 Å². The molecule has 0 fully saturated rings. The summed E-state index contributed by atoms with van der Waals surface area (Å²) in [6.07, 6.45) is 3.23. The van der Waals surface area contributed by atoms with Crippen LogP contribution in [0.4, 0.5) is 5.69 Å². The molecule has 0 aliphatic carbocycles. The van der Waals surface area contributed by atoms with E-state index in [1.807, 2.05) is 13.0 Å². The van der Waals surface area contributed by atoms with E-state index in [1.54, 1.807) is 31.0 Å². The van der Waals surface area contributed by atoms with Crippen molar-refractivity contribution in [3.8, 4) is 0 Å². The Morgan fingerprint density at radius 2 is 2.10 bits per heavy atom. The van der Waals surface area contributed by atoms with Crippen LogP contribution in [0.5, 0.6) is 0 Å². The van der Waals surface area contributed by atoms with Gasteiger partial charge in [-0.1, -0.05) is 0 Å². The smallest absolute Gasteiger partial charge is 0.273 e. The molecule has 0 saturated heterocycles. The molecule has 8 nitrogen and oxygen atoms in total. The molecule has 21 heavy (non-hydrogen) atoms. The van der Waals surface area contributed by atoms with Crippen LogP contribution in [0.25, 0.3) is 0 Å². The van der Waals surface area contributed by atoms with Crippen LogP contribution in [0.1, 0.15) is 29.1 Å². The van der Waals surface area contributed by atoms with Crippen molar-refractivity contribution in [1.29, 1.82) is 0 Å². The first-order valence-electron chi connectivity index (χ1n) is 6.50. The van der Waals surface area contributed by atoms with Crippen molar-refractivity contribution in [2.45, 2.75) is 19.9 Å².